The number of nitrogens with zero attached hydrogens (tertiary/aromatic N) is 3. The molecular weight excluding hydrogens is 341 g/mol. The van der Waals surface area contributed by atoms with Crippen LogP contribution in [0, 0.1) is 0 Å². The van der Waals surface area contributed by atoms with Crippen LogP contribution >= 0.6 is 23.2 Å². The third kappa shape index (κ3) is 3.67. The lowest BCUT2D eigenvalue weighted by molar-refractivity contribution is 0.0459. The van der Waals surface area contributed by atoms with E-state index in [1.165, 1.54) is 18.3 Å². The molecule has 0 spiro atoms. The smallest absolute Gasteiger partial charge is 0.340 e. The number of rotatable bonds is 4. The quantitative estimate of drug-likeness (QED) is 0.526. The maximum Gasteiger partial charge on any atom is 0.340 e. The first-order valence-electron chi connectivity index (χ1n) is 6.49. The molecule has 23 heavy (non-hydrogen) atoms. The van der Waals surface area contributed by atoms with Crippen molar-refractivity contribution in [1.29, 1.82) is 0 Å². The van der Waals surface area contributed by atoms with E-state index in [-0.39, 0.29) is 23.9 Å². The second-order valence-corrected chi connectivity index (χ2v) is 5.24. The molecule has 0 atom stereocenters. The Labute approximate surface area is 141 Å². The van der Waals surface area contributed by atoms with Gasteiger partial charge >= 0.3 is 5.97 Å². The minimum Gasteiger partial charge on any atom is -0.454 e. The molecule has 0 bridgehead atoms. The number of hydrogen-bond acceptors (Lipinski definition) is 6. The highest BCUT2D eigenvalue weighted by Crippen LogP contribution is 2.25. The topological polar surface area (TPSA) is 78.1 Å². The van der Waals surface area contributed by atoms with Crippen LogP contribution in [0.15, 0.2) is 47.1 Å². The molecule has 3 rings (SSSR count). The maximum absolute atomic E-state index is 11.8. The summed E-state index contributed by atoms with van der Waals surface area (Å²) in [6.45, 7) is -0.130. The fourth-order valence-electron chi connectivity index (χ4n) is 1.77. The molecule has 2 heterocycles. The van der Waals surface area contributed by atoms with Gasteiger partial charge in [-0.1, -0.05) is 40.5 Å². The van der Waals surface area contributed by atoms with Gasteiger partial charge in [0.05, 0.1) is 16.1 Å². The molecule has 0 unspecified atom stereocenters. The second kappa shape index (κ2) is 6.76. The molecular formula is C15H9Cl2N3O3. The van der Waals surface area contributed by atoms with Gasteiger partial charge in [-0.3, -0.25) is 0 Å². The van der Waals surface area contributed by atoms with Crippen molar-refractivity contribution in [3.8, 4) is 11.5 Å². The number of hydrogen-bond donors (Lipinski definition) is 0. The van der Waals surface area contributed by atoms with E-state index in [4.69, 9.17) is 32.5 Å². The fourth-order valence-corrected chi connectivity index (χ4v) is 2.09. The highest BCUT2D eigenvalue weighted by Gasteiger charge is 2.14. The van der Waals surface area contributed by atoms with E-state index in [2.05, 4.69) is 15.1 Å². The third-order valence-corrected chi connectivity index (χ3v) is 3.42. The molecule has 0 fully saturated rings. The zero-order chi connectivity index (χ0) is 16.2. The number of ether oxygens (including phenoxy) is 1. The minimum absolute atomic E-state index is 0.130. The van der Waals surface area contributed by atoms with Crippen LogP contribution in [-0.4, -0.2) is 21.1 Å². The van der Waals surface area contributed by atoms with Crippen LogP contribution in [0.1, 0.15) is 16.2 Å². The predicted molar refractivity (Wildman–Crippen MR) is 83.1 cm³/mol. The standard InChI is InChI=1S/C15H9Cl2N3O3/c16-11-4-2-1-3-10(11)14-19-13(20-23-14)8-22-15(21)9-5-6-12(17)18-7-9/h1-7H,8H2. The van der Waals surface area contributed by atoms with Crippen LogP contribution in [0.5, 0.6) is 0 Å². The van der Waals surface area contributed by atoms with Crippen molar-refractivity contribution in [2.24, 2.45) is 0 Å². The van der Waals surface area contributed by atoms with Crippen LogP contribution < -0.4 is 0 Å². The van der Waals surface area contributed by atoms with Crippen molar-refractivity contribution in [3.05, 3.63) is 64.2 Å². The highest BCUT2D eigenvalue weighted by atomic mass is 35.5. The van der Waals surface area contributed by atoms with Crippen LogP contribution in [0.2, 0.25) is 10.2 Å². The maximum atomic E-state index is 11.8. The van der Waals surface area contributed by atoms with Crippen molar-refractivity contribution in [3.63, 3.8) is 0 Å². The number of carbonyl (C=O) groups is 1. The van der Waals surface area contributed by atoms with Crippen LogP contribution in [0.3, 0.4) is 0 Å². The lowest BCUT2D eigenvalue weighted by atomic mass is 10.2. The summed E-state index contributed by atoms with van der Waals surface area (Å²) >= 11 is 11.7. The predicted octanol–water partition coefficient (Wildman–Crippen LogP) is 3.80. The number of esters is 1. The summed E-state index contributed by atoms with van der Waals surface area (Å²) in [7, 11) is 0. The Morgan fingerprint density at radius 3 is 2.74 bits per heavy atom. The monoisotopic (exact) mass is 349 g/mol. The Bertz CT molecular complexity index is 834. The second-order valence-electron chi connectivity index (χ2n) is 4.44. The molecule has 6 nitrogen and oxygen atoms in total. The van der Waals surface area contributed by atoms with Crippen molar-refractivity contribution in [1.82, 2.24) is 15.1 Å². The Morgan fingerprint density at radius 1 is 1.17 bits per heavy atom. The molecule has 0 saturated carbocycles. The molecule has 0 N–H and O–H groups in total. The molecule has 2 aromatic heterocycles. The summed E-state index contributed by atoms with van der Waals surface area (Å²) < 4.78 is 10.2. The van der Waals surface area contributed by atoms with Crippen molar-refractivity contribution >= 4 is 29.2 Å². The fraction of sp³-hybridized carbons (Fsp3) is 0.0667. The average Bonchev–Trinajstić information content (AvgIpc) is 3.02. The van der Waals surface area contributed by atoms with E-state index in [9.17, 15) is 4.79 Å². The third-order valence-electron chi connectivity index (χ3n) is 2.87. The Kier molecular flexibility index (Phi) is 4.55. The molecule has 0 saturated heterocycles. The summed E-state index contributed by atoms with van der Waals surface area (Å²) in [6.07, 6.45) is 1.33. The minimum atomic E-state index is -0.557. The number of carbonyl (C=O) groups excluding carboxylic acids is 1. The van der Waals surface area contributed by atoms with Gasteiger partial charge in [-0.25, -0.2) is 9.78 Å². The van der Waals surface area contributed by atoms with Crippen LogP contribution in [0.25, 0.3) is 11.5 Å². The lowest BCUT2D eigenvalue weighted by Gasteiger charge is -2.01. The SMILES string of the molecule is O=C(OCc1noc(-c2ccccc2Cl)n1)c1ccc(Cl)nc1. The average molecular weight is 350 g/mol. The molecule has 0 aliphatic carbocycles. The van der Waals surface area contributed by atoms with E-state index in [1.54, 1.807) is 24.3 Å². The zero-order valence-electron chi connectivity index (χ0n) is 11.6. The van der Waals surface area contributed by atoms with Crippen LogP contribution in [-0.2, 0) is 11.3 Å². The van der Waals surface area contributed by atoms with Gasteiger partial charge in [-0.15, -0.1) is 0 Å². The normalized spacial score (nSPS) is 10.5. The van der Waals surface area contributed by atoms with Crippen molar-refractivity contribution in [2.45, 2.75) is 6.61 Å². The van der Waals surface area contributed by atoms with Gasteiger partial charge in [-0.05, 0) is 24.3 Å². The van der Waals surface area contributed by atoms with E-state index < -0.39 is 5.97 Å². The molecule has 0 amide bonds. The molecule has 1 aromatic carbocycles. The lowest BCUT2D eigenvalue weighted by Crippen LogP contribution is -2.06. The summed E-state index contributed by atoms with van der Waals surface area (Å²) in [5.41, 5.74) is 0.894. The van der Waals surface area contributed by atoms with Gasteiger partial charge < -0.3 is 9.26 Å². The van der Waals surface area contributed by atoms with E-state index >= 15 is 0 Å². The number of aromatic nitrogens is 3. The van der Waals surface area contributed by atoms with Gasteiger partial charge in [0, 0.05) is 6.20 Å². The molecule has 3 aromatic rings. The molecule has 0 aliphatic rings. The zero-order valence-corrected chi connectivity index (χ0v) is 13.1. The Morgan fingerprint density at radius 2 is 2.00 bits per heavy atom. The largest absolute Gasteiger partial charge is 0.454 e. The van der Waals surface area contributed by atoms with Crippen LogP contribution in [0.4, 0.5) is 0 Å². The van der Waals surface area contributed by atoms with Gasteiger partial charge in [0.15, 0.2) is 6.61 Å². The molecule has 0 aliphatic heterocycles. The number of halogens is 2. The Balaban J connectivity index is 1.67. The van der Waals surface area contributed by atoms with Gasteiger partial charge in [0.2, 0.25) is 5.82 Å². The first-order chi connectivity index (χ1) is 11.1. The van der Waals surface area contributed by atoms with Gasteiger partial charge in [0.25, 0.3) is 5.89 Å². The van der Waals surface area contributed by atoms with Gasteiger partial charge in [0.1, 0.15) is 5.15 Å². The van der Waals surface area contributed by atoms with Crippen molar-refractivity contribution < 1.29 is 14.1 Å². The van der Waals surface area contributed by atoms with Crippen molar-refractivity contribution in [2.75, 3.05) is 0 Å². The first-order valence-corrected chi connectivity index (χ1v) is 7.25. The summed E-state index contributed by atoms with van der Waals surface area (Å²) in [5.74, 6) is -0.0664. The molecule has 8 heteroatoms. The summed E-state index contributed by atoms with van der Waals surface area (Å²) in [4.78, 5) is 19.8. The first kappa shape index (κ1) is 15.5. The van der Waals surface area contributed by atoms with E-state index in [1.807, 2.05) is 0 Å². The summed E-state index contributed by atoms with van der Waals surface area (Å²) in [6, 6.07) is 10.1. The van der Waals surface area contributed by atoms with Gasteiger partial charge in [-0.2, -0.15) is 4.98 Å². The number of pyridine rings is 1. The highest BCUT2D eigenvalue weighted by molar-refractivity contribution is 6.33. The van der Waals surface area contributed by atoms with E-state index in [0.29, 0.717) is 15.7 Å². The Hall–Kier alpha value is -2.44. The molecule has 116 valence electrons. The number of benzene rings is 1. The molecule has 0 radical (unpaired) electrons. The van der Waals surface area contributed by atoms with E-state index in [0.717, 1.165) is 0 Å². The summed E-state index contributed by atoms with van der Waals surface area (Å²) in [5, 5.41) is 4.54.